The van der Waals surface area contributed by atoms with E-state index >= 15 is 0 Å². The van der Waals surface area contributed by atoms with Gasteiger partial charge in [0.25, 0.3) is 0 Å². The number of carbonyl (C=O) groups excluding carboxylic acids is 1. The van der Waals surface area contributed by atoms with E-state index in [0.29, 0.717) is 12.2 Å². The number of halogens is 3. The first kappa shape index (κ1) is 12.7. The van der Waals surface area contributed by atoms with E-state index in [1.165, 1.54) is 6.08 Å². The molecule has 0 N–H and O–H groups in total. The van der Waals surface area contributed by atoms with Crippen molar-refractivity contribution in [2.24, 2.45) is 0 Å². The summed E-state index contributed by atoms with van der Waals surface area (Å²) in [6.45, 7) is 1.65. The third-order valence-electron chi connectivity index (χ3n) is 2.77. The van der Waals surface area contributed by atoms with Gasteiger partial charge in [-0.05, 0) is 29.7 Å². The first-order valence-electron chi connectivity index (χ1n) is 5.60. The fourth-order valence-electron chi connectivity index (χ4n) is 1.83. The highest BCUT2D eigenvalue weighted by Gasteiger charge is 2.22. The Morgan fingerprint density at radius 2 is 2.00 bits per heavy atom. The molecule has 0 aliphatic heterocycles. The Morgan fingerprint density at radius 3 is 2.67 bits per heavy atom. The molecule has 0 spiro atoms. The first-order valence-corrected chi connectivity index (χ1v) is 5.60. The Morgan fingerprint density at radius 1 is 1.28 bits per heavy atom. The van der Waals surface area contributed by atoms with Gasteiger partial charge in [0.05, 0.1) is 0 Å². The molecule has 0 bridgehead atoms. The van der Waals surface area contributed by atoms with Crippen LogP contribution < -0.4 is 0 Å². The van der Waals surface area contributed by atoms with E-state index in [0.717, 1.165) is 6.07 Å². The number of benzene rings is 1. The largest absolute Gasteiger partial charge is 0.431 e. The van der Waals surface area contributed by atoms with Gasteiger partial charge in [-0.15, -0.1) is 0 Å². The summed E-state index contributed by atoms with van der Waals surface area (Å²) in [6.07, 6.45) is 2.07. The first-order chi connectivity index (χ1) is 8.52. The quantitative estimate of drug-likeness (QED) is 0.599. The Kier molecular flexibility index (Phi) is 3.41. The maximum atomic E-state index is 13.4. The highest BCUT2D eigenvalue weighted by atomic mass is 19.2. The highest BCUT2D eigenvalue weighted by molar-refractivity contribution is 5.72. The normalized spacial score (nSPS) is 13.9. The second kappa shape index (κ2) is 4.84. The van der Waals surface area contributed by atoms with Crippen LogP contribution in [0.1, 0.15) is 30.9 Å². The van der Waals surface area contributed by atoms with E-state index in [9.17, 15) is 18.0 Å². The summed E-state index contributed by atoms with van der Waals surface area (Å²) in [5.41, 5.74) is 0.335. The summed E-state index contributed by atoms with van der Waals surface area (Å²) in [7, 11) is 0. The molecule has 2 rings (SSSR count). The molecule has 0 radical (unpaired) electrons. The minimum atomic E-state index is -1.46. The van der Waals surface area contributed by atoms with Crippen LogP contribution in [0, 0.1) is 17.5 Å². The molecule has 0 fully saturated rings. The van der Waals surface area contributed by atoms with Crippen LogP contribution in [0.2, 0.25) is 0 Å². The van der Waals surface area contributed by atoms with Crippen LogP contribution in [-0.2, 0) is 16.0 Å². The van der Waals surface area contributed by atoms with Crippen molar-refractivity contribution in [2.45, 2.75) is 26.2 Å². The van der Waals surface area contributed by atoms with Crippen LogP contribution in [-0.4, -0.2) is 5.97 Å². The van der Waals surface area contributed by atoms with Crippen LogP contribution in [0.15, 0.2) is 11.8 Å². The van der Waals surface area contributed by atoms with Crippen LogP contribution >= 0.6 is 0 Å². The number of hydrogen-bond acceptors (Lipinski definition) is 2. The maximum Gasteiger partial charge on any atom is 0.310 e. The number of allylic oxidation sites excluding steroid dienone is 1. The van der Waals surface area contributed by atoms with E-state index in [-0.39, 0.29) is 24.0 Å². The lowest BCUT2D eigenvalue weighted by Gasteiger charge is -2.17. The van der Waals surface area contributed by atoms with Gasteiger partial charge in [-0.3, -0.25) is 4.79 Å². The van der Waals surface area contributed by atoms with E-state index in [1.54, 1.807) is 6.92 Å². The summed E-state index contributed by atoms with van der Waals surface area (Å²) in [6, 6.07) is 0.909. The molecule has 0 unspecified atom stereocenters. The summed E-state index contributed by atoms with van der Waals surface area (Å²) in [4.78, 5) is 11.1. The minimum absolute atomic E-state index is 0.116. The molecular weight excluding hydrogens is 245 g/mol. The van der Waals surface area contributed by atoms with Gasteiger partial charge in [-0.25, -0.2) is 13.2 Å². The average molecular weight is 256 g/mol. The van der Waals surface area contributed by atoms with E-state index in [1.807, 2.05) is 0 Å². The average Bonchev–Trinajstić information content (AvgIpc) is 2.35. The molecule has 0 atom stereocenters. The van der Waals surface area contributed by atoms with Gasteiger partial charge in [0, 0.05) is 12.8 Å². The van der Waals surface area contributed by atoms with Crippen molar-refractivity contribution in [3.05, 3.63) is 40.4 Å². The maximum absolute atomic E-state index is 13.4. The van der Waals surface area contributed by atoms with Crippen LogP contribution in [0.5, 0.6) is 0 Å². The zero-order chi connectivity index (χ0) is 13.3. The van der Waals surface area contributed by atoms with Crippen molar-refractivity contribution in [3.63, 3.8) is 0 Å². The summed E-state index contributed by atoms with van der Waals surface area (Å²) < 4.78 is 44.5. The molecule has 1 aromatic carbocycles. The molecule has 18 heavy (non-hydrogen) atoms. The second-order valence-electron chi connectivity index (χ2n) is 3.99. The van der Waals surface area contributed by atoms with Gasteiger partial charge in [0.1, 0.15) is 5.76 Å². The topological polar surface area (TPSA) is 26.3 Å². The number of esters is 1. The second-order valence-corrected chi connectivity index (χ2v) is 3.99. The van der Waals surface area contributed by atoms with Crippen molar-refractivity contribution in [3.8, 4) is 0 Å². The Balaban J connectivity index is 2.37. The number of carbonyl (C=O) groups is 1. The molecular formula is C13H11F3O2. The number of rotatable bonds is 2. The van der Waals surface area contributed by atoms with Crippen LogP contribution in [0.25, 0.3) is 6.08 Å². The lowest BCUT2D eigenvalue weighted by atomic mass is 9.95. The standard InChI is InChI=1S/C13H11F3O2/c1-2-11(17)18-8-3-4-9-7(5-8)6-10(14)13(16)12(9)15/h5-6H,2-4H2,1H3. The van der Waals surface area contributed by atoms with Gasteiger partial charge in [0.15, 0.2) is 17.5 Å². The zero-order valence-electron chi connectivity index (χ0n) is 9.73. The fraction of sp³-hybridized carbons (Fsp3) is 0.308. The minimum Gasteiger partial charge on any atom is -0.431 e. The fourth-order valence-corrected chi connectivity index (χ4v) is 1.83. The van der Waals surface area contributed by atoms with Gasteiger partial charge >= 0.3 is 5.97 Å². The van der Waals surface area contributed by atoms with Crippen molar-refractivity contribution < 1.29 is 22.7 Å². The molecule has 96 valence electrons. The molecule has 0 saturated heterocycles. The van der Waals surface area contributed by atoms with Gasteiger partial charge in [0.2, 0.25) is 0 Å². The third-order valence-corrected chi connectivity index (χ3v) is 2.77. The highest BCUT2D eigenvalue weighted by Crippen LogP contribution is 2.29. The molecule has 1 aliphatic rings. The summed E-state index contributed by atoms with van der Waals surface area (Å²) in [5, 5.41) is 0. The molecule has 5 heteroatoms. The predicted molar refractivity (Wildman–Crippen MR) is 59.0 cm³/mol. The molecule has 2 nitrogen and oxygen atoms in total. The Bertz CT molecular complexity index is 536. The van der Waals surface area contributed by atoms with E-state index < -0.39 is 23.4 Å². The summed E-state index contributed by atoms with van der Waals surface area (Å²) >= 11 is 0. The molecule has 0 saturated carbocycles. The number of ether oxygens (including phenoxy) is 1. The smallest absolute Gasteiger partial charge is 0.310 e. The number of fused-ring (bicyclic) bond motifs is 1. The van der Waals surface area contributed by atoms with Gasteiger partial charge < -0.3 is 4.74 Å². The van der Waals surface area contributed by atoms with Crippen LogP contribution in [0.4, 0.5) is 13.2 Å². The molecule has 1 aliphatic carbocycles. The van der Waals surface area contributed by atoms with E-state index in [2.05, 4.69) is 0 Å². The zero-order valence-corrected chi connectivity index (χ0v) is 9.73. The SMILES string of the molecule is CCC(=O)OC1=Cc2cc(F)c(F)c(F)c2CC1. The van der Waals surface area contributed by atoms with E-state index in [4.69, 9.17) is 4.74 Å². The number of hydrogen-bond donors (Lipinski definition) is 0. The Labute approximate surface area is 102 Å². The lowest BCUT2D eigenvalue weighted by molar-refractivity contribution is -0.139. The monoisotopic (exact) mass is 256 g/mol. The predicted octanol–water partition coefficient (Wildman–Crippen LogP) is 3.34. The van der Waals surface area contributed by atoms with Gasteiger partial charge in [-0.2, -0.15) is 0 Å². The van der Waals surface area contributed by atoms with Crippen molar-refractivity contribution >= 4 is 12.0 Å². The van der Waals surface area contributed by atoms with Crippen molar-refractivity contribution in [1.29, 1.82) is 0 Å². The molecule has 0 heterocycles. The summed E-state index contributed by atoms with van der Waals surface area (Å²) in [5.74, 6) is -3.93. The van der Waals surface area contributed by atoms with Gasteiger partial charge in [-0.1, -0.05) is 6.92 Å². The molecule has 0 amide bonds. The lowest BCUT2D eigenvalue weighted by Crippen LogP contribution is -2.10. The molecule has 0 aromatic heterocycles. The Hall–Kier alpha value is -1.78. The van der Waals surface area contributed by atoms with Crippen molar-refractivity contribution in [2.75, 3.05) is 0 Å². The molecule has 1 aromatic rings. The third kappa shape index (κ3) is 2.25. The van der Waals surface area contributed by atoms with Crippen LogP contribution in [0.3, 0.4) is 0 Å². The van der Waals surface area contributed by atoms with Crippen molar-refractivity contribution in [1.82, 2.24) is 0 Å².